The minimum absolute atomic E-state index is 0.00104. The lowest BCUT2D eigenvalue weighted by molar-refractivity contribution is 0.0697. The van der Waals surface area contributed by atoms with Crippen molar-refractivity contribution in [2.75, 3.05) is 18.9 Å². The fourth-order valence-corrected chi connectivity index (χ4v) is 3.99. The maximum Gasteiger partial charge on any atom is 0.337 e. The summed E-state index contributed by atoms with van der Waals surface area (Å²) in [5.74, 6) is -0.931. The Balaban J connectivity index is 2.60. The van der Waals surface area contributed by atoms with Gasteiger partial charge in [0.1, 0.15) is 4.90 Å². The predicted molar refractivity (Wildman–Crippen MR) is 90.0 cm³/mol. The molecule has 0 aliphatic heterocycles. The van der Waals surface area contributed by atoms with E-state index < -0.39 is 16.0 Å². The van der Waals surface area contributed by atoms with Crippen LogP contribution in [0.4, 0.5) is 5.69 Å². The SMILES string of the molecule is COc1cc(NS(=O)(=O)c2c(C)nn(C)c2C)c(C(=O)O)cc1OC. The van der Waals surface area contributed by atoms with Crippen LogP contribution >= 0.6 is 0 Å². The fraction of sp³-hybridized carbons (Fsp3) is 0.333. The second-order valence-corrected chi connectivity index (χ2v) is 6.91. The number of hydrogen-bond acceptors (Lipinski definition) is 6. The van der Waals surface area contributed by atoms with Gasteiger partial charge in [-0.05, 0) is 13.8 Å². The Morgan fingerprint density at radius 3 is 2.20 bits per heavy atom. The van der Waals surface area contributed by atoms with Gasteiger partial charge < -0.3 is 14.6 Å². The molecular weight excluding hydrogens is 350 g/mol. The standard InChI is InChI=1S/C15H19N3O6S/c1-8-14(9(2)18(3)16-8)25(21,22)17-11-7-13(24-5)12(23-4)6-10(11)15(19)20/h6-7,17H,1-5H3,(H,19,20). The first-order valence-electron chi connectivity index (χ1n) is 7.14. The van der Waals surface area contributed by atoms with E-state index in [1.807, 2.05) is 0 Å². The summed E-state index contributed by atoms with van der Waals surface area (Å²) in [6.07, 6.45) is 0. The Kier molecular flexibility index (Phi) is 4.93. The van der Waals surface area contributed by atoms with E-state index in [2.05, 4.69) is 9.82 Å². The van der Waals surface area contributed by atoms with Crippen molar-refractivity contribution >= 4 is 21.7 Å². The molecule has 0 radical (unpaired) electrons. The summed E-state index contributed by atoms with van der Waals surface area (Å²) < 4.78 is 39.4. The Hall–Kier alpha value is -2.75. The number of benzene rings is 1. The number of anilines is 1. The third-order valence-electron chi connectivity index (χ3n) is 3.71. The largest absolute Gasteiger partial charge is 0.493 e. The topological polar surface area (TPSA) is 120 Å². The van der Waals surface area contributed by atoms with E-state index in [9.17, 15) is 18.3 Å². The molecule has 0 aliphatic rings. The molecule has 136 valence electrons. The van der Waals surface area contributed by atoms with Crippen molar-refractivity contribution in [2.24, 2.45) is 7.05 Å². The van der Waals surface area contributed by atoms with E-state index in [4.69, 9.17) is 9.47 Å². The number of carboxylic acids is 1. The molecule has 1 aromatic heterocycles. The smallest absolute Gasteiger partial charge is 0.337 e. The van der Waals surface area contributed by atoms with Gasteiger partial charge in [-0.2, -0.15) is 5.10 Å². The summed E-state index contributed by atoms with van der Waals surface area (Å²) in [7, 11) is 0.302. The number of sulfonamides is 1. The highest BCUT2D eigenvalue weighted by atomic mass is 32.2. The van der Waals surface area contributed by atoms with Crippen LogP contribution in [0.15, 0.2) is 17.0 Å². The molecule has 0 saturated carbocycles. The zero-order valence-electron chi connectivity index (χ0n) is 14.4. The molecule has 9 nitrogen and oxygen atoms in total. The van der Waals surface area contributed by atoms with Gasteiger partial charge in [0, 0.05) is 19.2 Å². The normalized spacial score (nSPS) is 11.2. The zero-order chi connectivity index (χ0) is 18.9. The van der Waals surface area contributed by atoms with Gasteiger partial charge in [0.25, 0.3) is 10.0 Å². The average molecular weight is 369 g/mol. The van der Waals surface area contributed by atoms with Gasteiger partial charge in [-0.3, -0.25) is 9.40 Å². The lowest BCUT2D eigenvalue weighted by atomic mass is 10.1. The number of aryl methyl sites for hydroxylation is 2. The molecule has 0 bridgehead atoms. The number of aromatic carboxylic acids is 1. The van der Waals surface area contributed by atoms with Gasteiger partial charge in [0.15, 0.2) is 11.5 Å². The number of nitrogens with one attached hydrogen (secondary N) is 1. The summed E-state index contributed by atoms with van der Waals surface area (Å²) in [5.41, 5.74) is 0.348. The molecule has 0 spiro atoms. The molecule has 0 atom stereocenters. The fourth-order valence-electron chi connectivity index (χ4n) is 2.48. The van der Waals surface area contributed by atoms with Gasteiger partial charge >= 0.3 is 5.97 Å². The van der Waals surface area contributed by atoms with Crippen LogP contribution in [-0.4, -0.2) is 43.5 Å². The van der Waals surface area contributed by atoms with Gasteiger partial charge in [-0.15, -0.1) is 0 Å². The highest BCUT2D eigenvalue weighted by Crippen LogP contribution is 2.34. The van der Waals surface area contributed by atoms with Gasteiger partial charge in [-0.25, -0.2) is 13.2 Å². The molecule has 1 heterocycles. The first kappa shape index (κ1) is 18.6. The monoisotopic (exact) mass is 369 g/mol. The average Bonchev–Trinajstić information content (AvgIpc) is 2.79. The highest BCUT2D eigenvalue weighted by molar-refractivity contribution is 7.92. The summed E-state index contributed by atoms with van der Waals surface area (Å²) in [4.78, 5) is 11.5. The van der Waals surface area contributed by atoms with Crippen molar-refractivity contribution in [1.29, 1.82) is 0 Å². The van der Waals surface area contributed by atoms with Crippen molar-refractivity contribution in [3.05, 3.63) is 29.1 Å². The van der Waals surface area contributed by atoms with E-state index in [0.717, 1.165) is 0 Å². The Labute approximate surface area is 145 Å². The minimum atomic E-state index is -4.05. The van der Waals surface area contributed by atoms with E-state index >= 15 is 0 Å². The molecule has 0 unspecified atom stereocenters. The lowest BCUT2D eigenvalue weighted by Crippen LogP contribution is -2.17. The molecule has 2 aromatic rings. The van der Waals surface area contributed by atoms with Gasteiger partial charge in [0.05, 0.1) is 36.9 Å². The molecular formula is C15H19N3O6S. The van der Waals surface area contributed by atoms with Crippen LogP contribution in [0.1, 0.15) is 21.7 Å². The third-order valence-corrected chi connectivity index (χ3v) is 5.33. The molecule has 0 amide bonds. The molecule has 0 aliphatic carbocycles. The third kappa shape index (κ3) is 3.38. The van der Waals surface area contributed by atoms with Crippen LogP contribution < -0.4 is 14.2 Å². The molecule has 10 heteroatoms. The zero-order valence-corrected chi connectivity index (χ0v) is 15.3. The van der Waals surface area contributed by atoms with Crippen LogP contribution in [0.5, 0.6) is 11.5 Å². The van der Waals surface area contributed by atoms with Crippen LogP contribution in [0.3, 0.4) is 0 Å². The summed E-state index contributed by atoms with van der Waals surface area (Å²) >= 11 is 0. The molecule has 0 saturated heterocycles. The Morgan fingerprint density at radius 2 is 1.76 bits per heavy atom. The number of carboxylic acid groups (broad SMARTS) is 1. The lowest BCUT2D eigenvalue weighted by Gasteiger charge is -2.15. The van der Waals surface area contributed by atoms with Gasteiger partial charge in [-0.1, -0.05) is 0 Å². The maximum absolute atomic E-state index is 12.8. The number of hydrogen-bond donors (Lipinski definition) is 2. The molecule has 0 fully saturated rings. The summed E-state index contributed by atoms with van der Waals surface area (Å²) in [6, 6.07) is 2.46. The van der Waals surface area contributed by atoms with E-state index in [1.54, 1.807) is 20.9 Å². The maximum atomic E-state index is 12.8. The molecule has 2 rings (SSSR count). The number of ether oxygens (including phenoxy) is 2. The van der Waals surface area contributed by atoms with E-state index in [-0.39, 0.29) is 27.6 Å². The van der Waals surface area contributed by atoms with Crippen molar-refractivity contribution in [1.82, 2.24) is 9.78 Å². The second kappa shape index (κ2) is 6.63. The van der Waals surface area contributed by atoms with Crippen LogP contribution in [0, 0.1) is 13.8 Å². The van der Waals surface area contributed by atoms with Crippen molar-refractivity contribution in [3.63, 3.8) is 0 Å². The first-order chi connectivity index (χ1) is 11.6. The summed E-state index contributed by atoms with van der Waals surface area (Å²) in [5, 5.41) is 13.5. The number of carbonyl (C=O) groups is 1. The number of methoxy groups -OCH3 is 2. The Bertz CT molecular complexity index is 933. The molecule has 2 N–H and O–H groups in total. The van der Waals surface area contributed by atoms with Crippen LogP contribution in [0.2, 0.25) is 0 Å². The number of rotatable bonds is 6. The number of nitrogens with zero attached hydrogens (tertiary/aromatic N) is 2. The molecule has 1 aromatic carbocycles. The number of aromatic nitrogens is 2. The molecule has 25 heavy (non-hydrogen) atoms. The van der Waals surface area contributed by atoms with E-state index in [0.29, 0.717) is 11.4 Å². The van der Waals surface area contributed by atoms with Crippen molar-refractivity contribution in [3.8, 4) is 11.5 Å². The first-order valence-corrected chi connectivity index (χ1v) is 8.63. The predicted octanol–water partition coefficient (Wildman–Crippen LogP) is 1.55. The second-order valence-electron chi connectivity index (χ2n) is 5.29. The quantitative estimate of drug-likeness (QED) is 0.793. The summed E-state index contributed by atoms with van der Waals surface area (Å²) in [6.45, 7) is 3.18. The van der Waals surface area contributed by atoms with E-state index in [1.165, 1.54) is 31.0 Å². The highest BCUT2D eigenvalue weighted by Gasteiger charge is 2.26. The van der Waals surface area contributed by atoms with Crippen molar-refractivity contribution in [2.45, 2.75) is 18.7 Å². The minimum Gasteiger partial charge on any atom is -0.493 e. The Morgan fingerprint density at radius 1 is 1.20 bits per heavy atom. The van der Waals surface area contributed by atoms with Gasteiger partial charge in [0.2, 0.25) is 0 Å². The van der Waals surface area contributed by atoms with Crippen molar-refractivity contribution < 1.29 is 27.8 Å². The van der Waals surface area contributed by atoms with Crippen LogP contribution in [0.25, 0.3) is 0 Å². The van der Waals surface area contributed by atoms with Crippen LogP contribution in [-0.2, 0) is 17.1 Å².